The van der Waals surface area contributed by atoms with Crippen LogP contribution in [0.1, 0.15) is 20.1 Å². The van der Waals surface area contributed by atoms with Gasteiger partial charge >= 0.3 is 5.97 Å². The van der Waals surface area contributed by atoms with Crippen molar-refractivity contribution in [3.63, 3.8) is 0 Å². The van der Waals surface area contributed by atoms with Gasteiger partial charge in [0.15, 0.2) is 23.0 Å². The number of hydrogen-bond acceptors (Lipinski definition) is 9. The summed E-state index contributed by atoms with van der Waals surface area (Å²) in [6.07, 6.45) is 7.16. The maximum Gasteiger partial charge on any atom is 0.335 e. The Morgan fingerprint density at radius 3 is 2.37 bits per heavy atom. The van der Waals surface area contributed by atoms with E-state index in [9.17, 15) is 9.90 Å². The lowest BCUT2D eigenvalue weighted by molar-refractivity contribution is 0.0697. The summed E-state index contributed by atoms with van der Waals surface area (Å²) in [5.41, 5.74) is 2.10. The van der Waals surface area contributed by atoms with Gasteiger partial charge in [-0.05, 0) is 42.0 Å². The van der Waals surface area contributed by atoms with Crippen molar-refractivity contribution in [3.8, 4) is 44.8 Å². The predicted octanol–water partition coefficient (Wildman–Crippen LogP) is 5.34. The Morgan fingerprint density at radius 1 is 0.857 bits per heavy atom. The summed E-state index contributed by atoms with van der Waals surface area (Å²) in [6, 6.07) is 6.74. The van der Waals surface area contributed by atoms with Crippen LogP contribution in [0.4, 0.5) is 0 Å². The molecular weight excluding hydrogens is 488 g/mol. The standard InChI is InChI=1S/C25H18N2O6S2/c28-25(29)15-4-6-27-17(12-15)16-11-14(3-5-26-16)24-23-22(32-9-10-33-23)20(35-24)2-1-19-21-18(13-34-19)30-7-8-31-21/h1-6,11-13H,7-10H2,(H,28,29)/b2-1+. The van der Waals surface area contributed by atoms with Crippen LogP contribution in [-0.4, -0.2) is 47.5 Å². The molecule has 176 valence electrons. The quantitative estimate of drug-likeness (QED) is 0.387. The third kappa shape index (κ3) is 4.11. The van der Waals surface area contributed by atoms with Gasteiger partial charge in [0.05, 0.1) is 31.6 Å². The molecule has 4 aromatic rings. The van der Waals surface area contributed by atoms with Crippen LogP contribution in [0.25, 0.3) is 34.0 Å². The third-order valence-corrected chi connectivity index (χ3v) is 7.50. The number of carboxylic acids is 1. The van der Waals surface area contributed by atoms with Crippen molar-refractivity contribution in [2.24, 2.45) is 0 Å². The van der Waals surface area contributed by atoms with Crippen LogP contribution in [0, 0.1) is 0 Å². The van der Waals surface area contributed by atoms with Gasteiger partial charge in [-0.1, -0.05) is 0 Å². The van der Waals surface area contributed by atoms with Crippen molar-refractivity contribution in [2.45, 2.75) is 0 Å². The van der Waals surface area contributed by atoms with Crippen LogP contribution in [0.5, 0.6) is 23.0 Å². The minimum Gasteiger partial charge on any atom is -0.485 e. The van der Waals surface area contributed by atoms with Gasteiger partial charge in [0.1, 0.15) is 26.4 Å². The summed E-state index contributed by atoms with van der Waals surface area (Å²) < 4.78 is 23.4. The zero-order chi connectivity index (χ0) is 23.8. The molecule has 8 nitrogen and oxygen atoms in total. The number of carbonyl (C=O) groups is 1. The molecule has 2 aliphatic heterocycles. The summed E-state index contributed by atoms with van der Waals surface area (Å²) in [7, 11) is 0. The monoisotopic (exact) mass is 506 g/mol. The number of aromatic nitrogens is 2. The molecule has 0 bridgehead atoms. The molecule has 0 aromatic carbocycles. The first-order valence-corrected chi connectivity index (χ1v) is 12.5. The molecule has 0 atom stereocenters. The Labute approximate surface area is 208 Å². The highest BCUT2D eigenvalue weighted by atomic mass is 32.1. The van der Waals surface area contributed by atoms with Crippen molar-refractivity contribution in [1.29, 1.82) is 0 Å². The maximum atomic E-state index is 11.4. The van der Waals surface area contributed by atoms with E-state index in [-0.39, 0.29) is 5.56 Å². The second-order valence-corrected chi connectivity index (χ2v) is 9.60. The number of pyridine rings is 2. The van der Waals surface area contributed by atoms with Gasteiger partial charge in [-0.25, -0.2) is 4.79 Å². The Bertz CT molecular complexity index is 1460. The van der Waals surface area contributed by atoms with Crippen molar-refractivity contribution < 1.29 is 28.8 Å². The van der Waals surface area contributed by atoms with E-state index in [0.717, 1.165) is 31.7 Å². The lowest BCUT2D eigenvalue weighted by Crippen LogP contribution is -2.15. The average molecular weight is 507 g/mol. The van der Waals surface area contributed by atoms with Crippen molar-refractivity contribution in [3.05, 3.63) is 57.4 Å². The highest BCUT2D eigenvalue weighted by Crippen LogP contribution is 2.50. The molecule has 0 aliphatic carbocycles. The second kappa shape index (κ2) is 9.05. The molecule has 2 aliphatic rings. The van der Waals surface area contributed by atoms with Gasteiger partial charge < -0.3 is 24.1 Å². The van der Waals surface area contributed by atoms with E-state index in [1.165, 1.54) is 18.3 Å². The van der Waals surface area contributed by atoms with E-state index in [0.29, 0.717) is 49.3 Å². The molecule has 6 rings (SSSR count). The average Bonchev–Trinajstić information content (AvgIpc) is 3.49. The number of ether oxygens (including phenoxy) is 4. The van der Waals surface area contributed by atoms with Gasteiger partial charge in [-0.15, -0.1) is 22.7 Å². The van der Waals surface area contributed by atoms with E-state index in [1.54, 1.807) is 28.9 Å². The summed E-state index contributed by atoms with van der Waals surface area (Å²) in [5, 5.41) is 11.3. The predicted molar refractivity (Wildman–Crippen MR) is 133 cm³/mol. The molecular formula is C25H18N2O6S2. The summed E-state index contributed by atoms with van der Waals surface area (Å²) in [4.78, 5) is 22.9. The molecule has 0 amide bonds. The topological polar surface area (TPSA) is 100 Å². The molecule has 0 saturated carbocycles. The maximum absolute atomic E-state index is 11.4. The van der Waals surface area contributed by atoms with Crippen molar-refractivity contribution in [1.82, 2.24) is 9.97 Å². The van der Waals surface area contributed by atoms with Gasteiger partial charge in [-0.2, -0.15) is 0 Å². The Balaban J connectivity index is 1.37. The first-order chi connectivity index (χ1) is 17.2. The van der Waals surface area contributed by atoms with Gasteiger partial charge in [0, 0.05) is 17.8 Å². The molecule has 4 aromatic heterocycles. The van der Waals surface area contributed by atoms with E-state index < -0.39 is 5.97 Å². The van der Waals surface area contributed by atoms with Gasteiger partial charge in [0.25, 0.3) is 0 Å². The summed E-state index contributed by atoms with van der Waals surface area (Å²) in [6.45, 7) is 2.03. The fourth-order valence-corrected chi connectivity index (χ4v) is 5.75. The summed E-state index contributed by atoms with van der Waals surface area (Å²) in [5.74, 6) is 1.94. The Hall–Kier alpha value is -3.89. The zero-order valence-corrected chi connectivity index (χ0v) is 19.9. The van der Waals surface area contributed by atoms with Gasteiger partial charge in [0.2, 0.25) is 0 Å². The molecule has 0 unspecified atom stereocenters. The number of thiophene rings is 2. The highest BCUT2D eigenvalue weighted by Gasteiger charge is 2.25. The number of hydrogen-bond donors (Lipinski definition) is 1. The Kier molecular flexibility index (Phi) is 5.59. The minimum absolute atomic E-state index is 0.157. The first kappa shape index (κ1) is 21.6. The lowest BCUT2D eigenvalue weighted by atomic mass is 10.1. The molecule has 6 heterocycles. The zero-order valence-electron chi connectivity index (χ0n) is 18.2. The molecule has 10 heteroatoms. The van der Waals surface area contributed by atoms with E-state index in [4.69, 9.17) is 18.9 Å². The van der Waals surface area contributed by atoms with E-state index in [1.807, 2.05) is 29.7 Å². The van der Waals surface area contributed by atoms with Gasteiger partial charge in [-0.3, -0.25) is 9.97 Å². The molecule has 35 heavy (non-hydrogen) atoms. The number of carboxylic acid groups (broad SMARTS) is 1. The van der Waals surface area contributed by atoms with Crippen LogP contribution in [0.15, 0.2) is 42.0 Å². The van der Waals surface area contributed by atoms with E-state index >= 15 is 0 Å². The highest BCUT2D eigenvalue weighted by molar-refractivity contribution is 7.17. The number of nitrogens with zero attached hydrogens (tertiary/aromatic N) is 2. The second-order valence-electron chi connectivity index (χ2n) is 7.64. The minimum atomic E-state index is -1.01. The fourth-order valence-electron chi connectivity index (χ4n) is 3.84. The SMILES string of the molecule is O=C(O)c1ccnc(-c2cc(-c3sc(/C=C/c4scc5c4OCCO5)c4c3OCCO4)ccn2)c1. The molecule has 0 radical (unpaired) electrons. The molecule has 0 fully saturated rings. The normalized spacial score (nSPS) is 14.3. The van der Waals surface area contributed by atoms with Crippen molar-refractivity contribution >= 4 is 40.8 Å². The number of fused-ring (bicyclic) bond motifs is 2. The fraction of sp³-hybridized carbons (Fsp3) is 0.160. The first-order valence-electron chi connectivity index (χ1n) is 10.8. The molecule has 0 spiro atoms. The van der Waals surface area contributed by atoms with Crippen LogP contribution in [-0.2, 0) is 0 Å². The molecule has 1 N–H and O–H groups in total. The number of rotatable bonds is 5. The largest absolute Gasteiger partial charge is 0.485 e. The Morgan fingerprint density at radius 2 is 1.54 bits per heavy atom. The smallest absolute Gasteiger partial charge is 0.335 e. The van der Waals surface area contributed by atoms with Crippen LogP contribution in [0.3, 0.4) is 0 Å². The van der Waals surface area contributed by atoms with Crippen LogP contribution >= 0.6 is 22.7 Å². The molecule has 0 saturated heterocycles. The van der Waals surface area contributed by atoms with Crippen LogP contribution in [0.2, 0.25) is 0 Å². The van der Waals surface area contributed by atoms with E-state index in [2.05, 4.69) is 9.97 Å². The van der Waals surface area contributed by atoms with Crippen LogP contribution < -0.4 is 18.9 Å². The van der Waals surface area contributed by atoms with Crippen molar-refractivity contribution in [2.75, 3.05) is 26.4 Å². The lowest BCUT2D eigenvalue weighted by Gasteiger charge is -2.17. The summed E-state index contributed by atoms with van der Waals surface area (Å²) >= 11 is 3.12. The third-order valence-electron chi connectivity index (χ3n) is 5.43. The number of aromatic carboxylic acids is 1.